The molecule has 1 aromatic rings. The average molecular weight is 251 g/mol. The van der Waals surface area contributed by atoms with Crippen molar-refractivity contribution >= 4 is 11.9 Å². The van der Waals surface area contributed by atoms with Crippen molar-refractivity contribution in [1.82, 2.24) is 5.32 Å². The number of hydrogen-bond donors (Lipinski definition) is 2. The Morgan fingerprint density at radius 1 is 1.33 bits per heavy atom. The van der Waals surface area contributed by atoms with Crippen LogP contribution in [0.5, 0.6) is 0 Å². The Kier molecular flexibility index (Phi) is 5.32. The first-order valence-corrected chi connectivity index (χ1v) is 5.65. The molecule has 1 aromatic carbocycles. The molecule has 18 heavy (non-hydrogen) atoms. The van der Waals surface area contributed by atoms with Gasteiger partial charge in [0, 0.05) is 13.7 Å². The zero-order chi connectivity index (χ0) is 13.5. The van der Waals surface area contributed by atoms with Crippen LogP contribution in [-0.4, -0.2) is 37.2 Å². The summed E-state index contributed by atoms with van der Waals surface area (Å²) in [7, 11) is 1.60. The van der Waals surface area contributed by atoms with E-state index in [0.29, 0.717) is 13.2 Å². The maximum atomic E-state index is 11.9. The molecule has 1 unspecified atom stereocenters. The van der Waals surface area contributed by atoms with Crippen LogP contribution in [0.4, 0.5) is 0 Å². The van der Waals surface area contributed by atoms with Crippen LogP contribution in [0.3, 0.4) is 0 Å². The minimum atomic E-state index is -1.11. The molecule has 0 heterocycles. The molecule has 1 atom stereocenters. The Balaban J connectivity index is 2.70. The molecule has 5 nitrogen and oxygen atoms in total. The molecule has 0 bridgehead atoms. The standard InChI is InChI=1S/C13H17NO4/c1-9(8-18-2)7-14-12(15)10-5-3-4-6-11(10)13(16)17/h3-6,9H,7-8H2,1-2H3,(H,14,15)(H,16,17). The number of carbonyl (C=O) groups is 2. The van der Waals surface area contributed by atoms with E-state index in [1.807, 2.05) is 6.92 Å². The van der Waals surface area contributed by atoms with Crippen molar-refractivity contribution in [2.45, 2.75) is 6.92 Å². The molecule has 0 spiro atoms. The summed E-state index contributed by atoms with van der Waals surface area (Å²) in [5.41, 5.74) is 0.184. The highest BCUT2D eigenvalue weighted by molar-refractivity contribution is 6.04. The fourth-order valence-electron chi connectivity index (χ4n) is 1.57. The van der Waals surface area contributed by atoms with E-state index in [-0.39, 0.29) is 23.0 Å². The normalized spacial score (nSPS) is 11.9. The number of carboxylic acid groups (broad SMARTS) is 1. The van der Waals surface area contributed by atoms with E-state index in [4.69, 9.17) is 9.84 Å². The van der Waals surface area contributed by atoms with E-state index in [1.54, 1.807) is 19.2 Å². The number of carbonyl (C=O) groups excluding carboxylic acids is 1. The number of ether oxygens (including phenoxy) is 1. The van der Waals surface area contributed by atoms with Crippen LogP contribution >= 0.6 is 0 Å². The first kappa shape index (κ1) is 14.2. The molecule has 0 aliphatic carbocycles. The third-order valence-electron chi connectivity index (χ3n) is 2.46. The first-order chi connectivity index (χ1) is 8.56. The van der Waals surface area contributed by atoms with Gasteiger partial charge in [-0.1, -0.05) is 19.1 Å². The van der Waals surface area contributed by atoms with Crippen LogP contribution in [0.15, 0.2) is 24.3 Å². The lowest BCUT2D eigenvalue weighted by atomic mass is 10.1. The Hall–Kier alpha value is -1.88. The number of nitrogens with one attached hydrogen (secondary N) is 1. The fourth-order valence-corrected chi connectivity index (χ4v) is 1.57. The van der Waals surface area contributed by atoms with Gasteiger partial charge in [-0.3, -0.25) is 4.79 Å². The molecule has 98 valence electrons. The number of amides is 1. The largest absolute Gasteiger partial charge is 0.478 e. The highest BCUT2D eigenvalue weighted by Crippen LogP contribution is 2.08. The molecule has 0 radical (unpaired) electrons. The monoisotopic (exact) mass is 251 g/mol. The molecule has 5 heteroatoms. The van der Waals surface area contributed by atoms with E-state index < -0.39 is 5.97 Å². The second-order valence-corrected chi connectivity index (χ2v) is 4.12. The van der Waals surface area contributed by atoms with Crippen LogP contribution in [0.1, 0.15) is 27.6 Å². The minimum absolute atomic E-state index is 0.00870. The molecule has 0 aromatic heterocycles. The molecule has 0 fully saturated rings. The Bertz CT molecular complexity index is 431. The molecule has 1 amide bonds. The van der Waals surface area contributed by atoms with Crippen molar-refractivity contribution in [3.63, 3.8) is 0 Å². The Labute approximate surface area is 106 Å². The summed E-state index contributed by atoms with van der Waals surface area (Å²) in [6, 6.07) is 6.14. The minimum Gasteiger partial charge on any atom is -0.478 e. The van der Waals surface area contributed by atoms with Gasteiger partial charge in [-0.15, -0.1) is 0 Å². The third kappa shape index (κ3) is 3.85. The van der Waals surface area contributed by atoms with Crippen molar-refractivity contribution < 1.29 is 19.4 Å². The summed E-state index contributed by atoms with van der Waals surface area (Å²) in [5, 5.41) is 11.7. The number of rotatable bonds is 6. The average Bonchev–Trinajstić information content (AvgIpc) is 2.36. The maximum Gasteiger partial charge on any atom is 0.336 e. The predicted octanol–water partition coefficient (Wildman–Crippen LogP) is 1.40. The van der Waals surface area contributed by atoms with Gasteiger partial charge in [-0.05, 0) is 18.1 Å². The van der Waals surface area contributed by atoms with Crippen molar-refractivity contribution in [1.29, 1.82) is 0 Å². The van der Waals surface area contributed by atoms with Crippen LogP contribution in [0.25, 0.3) is 0 Å². The van der Waals surface area contributed by atoms with Gasteiger partial charge in [0.2, 0.25) is 0 Å². The van der Waals surface area contributed by atoms with E-state index in [0.717, 1.165) is 0 Å². The molecular formula is C13H17NO4. The van der Waals surface area contributed by atoms with Crippen LogP contribution in [0, 0.1) is 5.92 Å². The summed E-state index contributed by atoms with van der Waals surface area (Å²) in [6.45, 7) is 2.92. The summed E-state index contributed by atoms with van der Waals surface area (Å²) in [5.74, 6) is -1.31. The summed E-state index contributed by atoms with van der Waals surface area (Å²) in [4.78, 5) is 22.8. The smallest absolute Gasteiger partial charge is 0.336 e. The zero-order valence-corrected chi connectivity index (χ0v) is 10.5. The number of carboxylic acids is 1. The zero-order valence-electron chi connectivity index (χ0n) is 10.5. The van der Waals surface area contributed by atoms with Gasteiger partial charge >= 0.3 is 5.97 Å². The number of aromatic carboxylic acids is 1. The van der Waals surface area contributed by atoms with Crippen LogP contribution in [-0.2, 0) is 4.74 Å². The quantitative estimate of drug-likeness (QED) is 0.801. The fraction of sp³-hybridized carbons (Fsp3) is 0.385. The van der Waals surface area contributed by atoms with E-state index in [2.05, 4.69) is 5.32 Å². The third-order valence-corrected chi connectivity index (χ3v) is 2.46. The highest BCUT2D eigenvalue weighted by atomic mass is 16.5. The lowest BCUT2D eigenvalue weighted by Crippen LogP contribution is -2.31. The molecule has 0 saturated heterocycles. The molecule has 0 saturated carbocycles. The van der Waals surface area contributed by atoms with E-state index in [1.165, 1.54) is 12.1 Å². The Morgan fingerprint density at radius 2 is 1.94 bits per heavy atom. The van der Waals surface area contributed by atoms with Crippen LogP contribution in [0.2, 0.25) is 0 Å². The van der Waals surface area contributed by atoms with Gasteiger partial charge in [-0.25, -0.2) is 4.79 Å². The van der Waals surface area contributed by atoms with Gasteiger partial charge in [-0.2, -0.15) is 0 Å². The van der Waals surface area contributed by atoms with Gasteiger partial charge in [0.25, 0.3) is 5.91 Å². The van der Waals surface area contributed by atoms with E-state index in [9.17, 15) is 9.59 Å². The second-order valence-electron chi connectivity index (χ2n) is 4.12. The molecular weight excluding hydrogens is 234 g/mol. The second kappa shape index (κ2) is 6.76. The lowest BCUT2D eigenvalue weighted by molar-refractivity contribution is 0.0690. The predicted molar refractivity (Wildman–Crippen MR) is 66.8 cm³/mol. The van der Waals surface area contributed by atoms with Crippen molar-refractivity contribution in [3.05, 3.63) is 35.4 Å². The van der Waals surface area contributed by atoms with E-state index >= 15 is 0 Å². The summed E-state index contributed by atoms with van der Waals surface area (Å²) >= 11 is 0. The first-order valence-electron chi connectivity index (χ1n) is 5.65. The summed E-state index contributed by atoms with van der Waals surface area (Å²) in [6.07, 6.45) is 0. The topological polar surface area (TPSA) is 75.6 Å². The van der Waals surface area contributed by atoms with Gasteiger partial charge in [0.05, 0.1) is 17.7 Å². The Morgan fingerprint density at radius 3 is 2.50 bits per heavy atom. The molecule has 2 N–H and O–H groups in total. The number of methoxy groups -OCH3 is 1. The SMILES string of the molecule is COCC(C)CNC(=O)c1ccccc1C(=O)O. The van der Waals surface area contributed by atoms with Gasteiger partial charge in [0.1, 0.15) is 0 Å². The molecule has 0 aliphatic rings. The van der Waals surface area contributed by atoms with Gasteiger partial charge in [0.15, 0.2) is 0 Å². The van der Waals surface area contributed by atoms with Crippen LogP contribution < -0.4 is 5.32 Å². The summed E-state index contributed by atoms with van der Waals surface area (Å²) < 4.78 is 4.96. The van der Waals surface area contributed by atoms with Gasteiger partial charge < -0.3 is 15.2 Å². The highest BCUT2D eigenvalue weighted by Gasteiger charge is 2.15. The lowest BCUT2D eigenvalue weighted by Gasteiger charge is -2.12. The van der Waals surface area contributed by atoms with Crippen molar-refractivity contribution in [2.75, 3.05) is 20.3 Å². The van der Waals surface area contributed by atoms with Crippen molar-refractivity contribution in [2.24, 2.45) is 5.92 Å². The van der Waals surface area contributed by atoms with Crippen molar-refractivity contribution in [3.8, 4) is 0 Å². The number of benzene rings is 1. The molecule has 0 aliphatic heterocycles. The number of hydrogen-bond acceptors (Lipinski definition) is 3. The maximum absolute atomic E-state index is 11.9. The molecule has 1 rings (SSSR count).